The second kappa shape index (κ2) is 6.97. The van der Waals surface area contributed by atoms with Gasteiger partial charge in [-0.25, -0.2) is 9.78 Å². The van der Waals surface area contributed by atoms with E-state index in [1.54, 1.807) is 0 Å². The Kier molecular flexibility index (Phi) is 4.37. The Bertz CT molecular complexity index is 853. The average molecular weight is 334 g/mol. The molecule has 1 aromatic heterocycles. The number of urea groups is 1. The van der Waals surface area contributed by atoms with Crippen molar-refractivity contribution in [3.63, 3.8) is 0 Å². The zero-order valence-electron chi connectivity index (χ0n) is 14.2. The molecule has 0 bridgehead atoms. The molecule has 0 saturated heterocycles. The van der Waals surface area contributed by atoms with Gasteiger partial charge in [-0.1, -0.05) is 36.4 Å². The number of H-pyrrole nitrogens is 1. The highest BCUT2D eigenvalue weighted by atomic mass is 16.2. The number of hydrogen-bond donors (Lipinski definition) is 2. The fraction of sp³-hybridized carbons (Fsp3) is 0.300. The normalized spacial score (nSPS) is 13.7. The third kappa shape index (κ3) is 3.50. The van der Waals surface area contributed by atoms with Crippen LogP contribution in [0.15, 0.2) is 48.5 Å². The average Bonchev–Trinajstić information content (AvgIpc) is 3.07. The molecule has 4 rings (SSSR count). The Morgan fingerprint density at radius 3 is 2.80 bits per heavy atom. The van der Waals surface area contributed by atoms with E-state index in [1.165, 1.54) is 11.1 Å². The van der Waals surface area contributed by atoms with E-state index in [1.807, 2.05) is 35.2 Å². The number of carbonyl (C=O) groups is 1. The number of nitrogens with zero attached hydrogens (tertiary/aromatic N) is 2. The highest BCUT2D eigenvalue weighted by Crippen LogP contribution is 2.18. The van der Waals surface area contributed by atoms with Crippen LogP contribution in [-0.4, -0.2) is 34.0 Å². The van der Waals surface area contributed by atoms with Crippen LogP contribution in [0.25, 0.3) is 11.0 Å². The molecule has 0 atom stereocenters. The van der Waals surface area contributed by atoms with Crippen LogP contribution in [0.1, 0.15) is 23.4 Å². The first-order chi connectivity index (χ1) is 12.3. The number of benzene rings is 2. The fourth-order valence-electron chi connectivity index (χ4n) is 3.36. The molecule has 25 heavy (non-hydrogen) atoms. The van der Waals surface area contributed by atoms with Crippen LogP contribution in [0.4, 0.5) is 4.79 Å². The number of aromatic amines is 1. The van der Waals surface area contributed by atoms with Crippen molar-refractivity contribution in [3.05, 3.63) is 65.5 Å². The summed E-state index contributed by atoms with van der Waals surface area (Å²) in [5, 5.41) is 3.03. The van der Waals surface area contributed by atoms with Crippen molar-refractivity contribution in [2.24, 2.45) is 0 Å². The Morgan fingerprint density at radius 2 is 1.92 bits per heavy atom. The summed E-state index contributed by atoms with van der Waals surface area (Å²) in [6, 6.07) is 16.4. The van der Waals surface area contributed by atoms with E-state index in [9.17, 15) is 4.79 Å². The molecule has 5 heteroatoms. The Balaban J connectivity index is 1.25. The van der Waals surface area contributed by atoms with Crippen LogP contribution in [-0.2, 0) is 19.4 Å². The lowest BCUT2D eigenvalue weighted by atomic mass is 10.0. The molecule has 2 amide bonds. The van der Waals surface area contributed by atoms with Gasteiger partial charge >= 0.3 is 6.03 Å². The van der Waals surface area contributed by atoms with Gasteiger partial charge in [0, 0.05) is 26.1 Å². The zero-order valence-corrected chi connectivity index (χ0v) is 14.2. The van der Waals surface area contributed by atoms with Gasteiger partial charge in [0.2, 0.25) is 0 Å². The fourth-order valence-corrected chi connectivity index (χ4v) is 3.36. The first kappa shape index (κ1) is 15.7. The van der Waals surface area contributed by atoms with Gasteiger partial charge in [-0.15, -0.1) is 0 Å². The Morgan fingerprint density at radius 1 is 1.12 bits per heavy atom. The quantitative estimate of drug-likeness (QED) is 0.720. The van der Waals surface area contributed by atoms with E-state index in [0.29, 0.717) is 13.1 Å². The van der Waals surface area contributed by atoms with E-state index >= 15 is 0 Å². The standard InChI is InChI=1S/C20H22N4O/c25-20(24-13-11-15-6-1-2-7-16(15)14-24)21-12-5-10-19-22-17-8-3-4-9-18(17)23-19/h1-4,6-9H,5,10-14H2,(H,21,25)(H,22,23). The number of hydrogen-bond acceptors (Lipinski definition) is 2. The molecular formula is C20H22N4O. The van der Waals surface area contributed by atoms with E-state index in [4.69, 9.17) is 0 Å². The summed E-state index contributed by atoms with van der Waals surface area (Å²) in [6.45, 7) is 2.14. The zero-order chi connectivity index (χ0) is 17.1. The molecule has 0 radical (unpaired) electrons. The SMILES string of the molecule is O=C(NCCCc1nc2ccccc2[nH]1)N1CCc2ccccc2C1. The van der Waals surface area contributed by atoms with Crippen molar-refractivity contribution in [1.29, 1.82) is 0 Å². The summed E-state index contributed by atoms with van der Waals surface area (Å²) in [5.74, 6) is 0.974. The minimum absolute atomic E-state index is 0.0270. The maximum Gasteiger partial charge on any atom is 0.317 e. The molecule has 3 aromatic rings. The third-order valence-corrected chi connectivity index (χ3v) is 4.72. The minimum atomic E-state index is 0.0270. The first-order valence-electron chi connectivity index (χ1n) is 8.83. The smallest absolute Gasteiger partial charge is 0.317 e. The third-order valence-electron chi connectivity index (χ3n) is 4.72. The number of amides is 2. The highest BCUT2D eigenvalue weighted by Gasteiger charge is 2.19. The molecule has 1 aliphatic heterocycles. The Hall–Kier alpha value is -2.82. The van der Waals surface area contributed by atoms with Crippen molar-refractivity contribution in [1.82, 2.24) is 20.2 Å². The van der Waals surface area contributed by atoms with Crippen molar-refractivity contribution >= 4 is 17.1 Å². The van der Waals surface area contributed by atoms with Gasteiger partial charge in [0.25, 0.3) is 0 Å². The molecule has 0 unspecified atom stereocenters. The summed E-state index contributed by atoms with van der Waals surface area (Å²) in [4.78, 5) is 22.1. The lowest BCUT2D eigenvalue weighted by molar-refractivity contribution is 0.192. The maximum atomic E-state index is 12.4. The summed E-state index contributed by atoms with van der Waals surface area (Å²) >= 11 is 0. The topological polar surface area (TPSA) is 61.0 Å². The molecule has 1 aliphatic rings. The molecular weight excluding hydrogens is 312 g/mol. The van der Waals surface area contributed by atoms with E-state index in [0.717, 1.165) is 42.7 Å². The minimum Gasteiger partial charge on any atom is -0.342 e. The predicted octanol–water partition coefficient (Wildman–Crippen LogP) is 3.26. The number of carbonyl (C=O) groups excluding carboxylic acids is 1. The molecule has 0 aliphatic carbocycles. The summed E-state index contributed by atoms with van der Waals surface area (Å²) in [7, 11) is 0. The summed E-state index contributed by atoms with van der Waals surface area (Å²) in [5.41, 5.74) is 4.67. The molecule has 128 valence electrons. The second-order valence-corrected chi connectivity index (χ2v) is 6.48. The van der Waals surface area contributed by atoms with Crippen LogP contribution >= 0.6 is 0 Å². The number of nitrogens with one attached hydrogen (secondary N) is 2. The number of para-hydroxylation sites is 2. The van der Waals surface area contributed by atoms with Gasteiger partial charge in [-0.3, -0.25) is 0 Å². The van der Waals surface area contributed by atoms with Crippen molar-refractivity contribution in [2.45, 2.75) is 25.8 Å². The monoisotopic (exact) mass is 334 g/mol. The van der Waals surface area contributed by atoms with E-state index < -0.39 is 0 Å². The van der Waals surface area contributed by atoms with Crippen molar-refractivity contribution in [2.75, 3.05) is 13.1 Å². The number of aryl methyl sites for hydroxylation is 1. The lowest BCUT2D eigenvalue weighted by Gasteiger charge is -2.28. The lowest BCUT2D eigenvalue weighted by Crippen LogP contribution is -2.43. The van der Waals surface area contributed by atoms with Crippen LogP contribution < -0.4 is 5.32 Å². The van der Waals surface area contributed by atoms with Crippen molar-refractivity contribution in [3.8, 4) is 0 Å². The van der Waals surface area contributed by atoms with Gasteiger partial charge in [0.15, 0.2) is 0 Å². The van der Waals surface area contributed by atoms with Gasteiger partial charge < -0.3 is 15.2 Å². The molecule has 0 saturated carbocycles. The van der Waals surface area contributed by atoms with Crippen molar-refractivity contribution < 1.29 is 4.79 Å². The maximum absolute atomic E-state index is 12.4. The number of imidazole rings is 1. The molecule has 0 spiro atoms. The molecule has 5 nitrogen and oxygen atoms in total. The van der Waals surface area contributed by atoms with Crippen LogP contribution in [0.5, 0.6) is 0 Å². The molecule has 2 N–H and O–H groups in total. The predicted molar refractivity (Wildman–Crippen MR) is 98.4 cm³/mol. The first-order valence-corrected chi connectivity index (χ1v) is 8.83. The molecule has 0 fully saturated rings. The molecule has 2 aromatic carbocycles. The largest absolute Gasteiger partial charge is 0.342 e. The summed E-state index contributed by atoms with van der Waals surface area (Å²) in [6.07, 6.45) is 2.64. The number of rotatable bonds is 4. The van der Waals surface area contributed by atoms with Gasteiger partial charge in [-0.2, -0.15) is 0 Å². The number of fused-ring (bicyclic) bond motifs is 2. The highest BCUT2D eigenvalue weighted by molar-refractivity contribution is 5.75. The van der Waals surface area contributed by atoms with Gasteiger partial charge in [0.1, 0.15) is 5.82 Å². The molecule has 2 heterocycles. The number of aromatic nitrogens is 2. The van der Waals surface area contributed by atoms with E-state index in [-0.39, 0.29) is 6.03 Å². The van der Waals surface area contributed by atoms with Crippen LogP contribution in [0, 0.1) is 0 Å². The van der Waals surface area contributed by atoms with Gasteiger partial charge in [-0.05, 0) is 36.1 Å². The summed E-state index contributed by atoms with van der Waals surface area (Å²) < 4.78 is 0. The second-order valence-electron chi connectivity index (χ2n) is 6.48. The Labute approximate surface area is 147 Å². The van der Waals surface area contributed by atoms with E-state index in [2.05, 4.69) is 33.5 Å². The van der Waals surface area contributed by atoms with Crippen LogP contribution in [0.2, 0.25) is 0 Å². The van der Waals surface area contributed by atoms with Crippen LogP contribution in [0.3, 0.4) is 0 Å². The van der Waals surface area contributed by atoms with Gasteiger partial charge in [0.05, 0.1) is 11.0 Å².